The average molecular weight is 411 g/mol. The van der Waals surface area contributed by atoms with Crippen LogP contribution in [0.4, 0.5) is 11.4 Å². The number of rotatable bonds is 6. The van der Waals surface area contributed by atoms with Crippen LogP contribution in [-0.4, -0.2) is 17.4 Å². The van der Waals surface area contributed by atoms with Crippen LogP contribution in [0.25, 0.3) is 0 Å². The maximum Gasteiger partial charge on any atom is 0.255 e. The molecular formula is C25H34N2O3. The average Bonchev–Trinajstić information content (AvgIpc) is 2.80. The molecule has 0 unspecified atom stereocenters. The molecule has 5 nitrogen and oxygen atoms in total. The van der Waals surface area contributed by atoms with Crippen molar-refractivity contribution in [3.63, 3.8) is 0 Å². The smallest absolute Gasteiger partial charge is 0.255 e. The molecule has 30 heavy (non-hydrogen) atoms. The van der Waals surface area contributed by atoms with E-state index < -0.39 is 0 Å². The molecule has 0 fully saturated rings. The maximum atomic E-state index is 11.9. The van der Waals surface area contributed by atoms with Crippen molar-refractivity contribution in [1.82, 2.24) is 0 Å². The lowest BCUT2D eigenvalue weighted by Crippen LogP contribution is -2.12. The summed E-state index contributed by atoms with van der Waals surface area (Å²) in [6.07, 6.45) is 5.97. The zero-order valence-electron chi connectivity index (χ0n) is 18.6. The molecule has 0 spiro atoms. The van der Waals surface area contributed by atoms with Gasteiger partial charge in [-0.2, -0.15) is 0 Å². The van der Waals surface area contributed by atoms with Crippen LogP contribution in [0.3, 0.4) is 0 Å². The van der Waals surface area contributed by atoms with Crippen molar-refractivity contribution in [1.29, 1.82) is 0 Å². The van der Waals surface area contributed by atoms with Crippen LogP contribution in [-0.2, 0) is 4.79 Å². The molecule has 0 saturated carbocycles. The fraction of sp³-hybridized carbons (Fsp3) is 0.200. The lowest BCUT2D eigenvalue weighted by Gasteiger charge is -2.09. The van der Waals surface area contributed by atoms with Crippen molar-refractivity contribution in [2.45, 2.75) is 34.6 Å². The van der Waals surface area contributed by atoms with Gasteiger partial charge in [0.25, 0.3) is 5.91 Å². The van der Waals surface area contributed by atoms with Gasteiger partial charge >= 0.3 is 0 Å². The summed E-state index contributed by atoms with van der Waals surface area (Å²) in [5.41, 5.74) is 2.35. The first-order valence-corrected chi connectivity index (χ1v) is 9.83. The predicted molar refractivity (Wildman–Crippen MR) is 129 cm³/mol. The van der Waals surface area contributed by atoms with E-state index in [4.69, 9.17) is 0 Å². The Morgan fingerprint density at radius 2 is 1.60 bits per heavy atom. The van der Waals surface area contributed by atoms with Gasteiger partial charge < -0.3 is 15.7 Å². The van der Waals surface area contributed by atoms with Crippen LogP contribution in [0.1, 0.15) is 45.0 Å². The van der Waals surface area contributed by atoms with Gasteiger partial charge in [-0.15, -0.1) is 0 Å². The first kappa shape index (κ1) is 28.6. The molecule has 0 aromatic heterocycles. The van der Waals surface area contributed by atoms with Gasteiger partial charge in [0, 0.05) is 11.3 Å². The summed E-state index contributed by atoms with van der Waals surface area (Å²) in [4.78, 5) is 22.3. The Labute approximate surface area is 180 Å². The van der Waals surface area contributed by atoms with Crippen LogP contribution in [0.15, 0.2) is 85.5 Å². The molecule has 0 aliphatic heterocycles. The summed E-state index contributed by atoms with van der Waals surface area (Å²) in [5, 5.41) is 14.7. The molecular weight excluding hydrogens is 376 g/mol. The molecule has 2 aromatic carbocycles. The fourth-order valence-electron chi connectivity index (χ4n) is 1.83. The monoisotopic (exact) mass is 410 g/mol. The number of carbonyl (C=O) groups is 2. The molecule has 2 aromatic rings. The molecule has 0 heterocycles. The Bertz CT molecular complexity index is 797. The second-order valence-corrected chi connectivity index (χ2v) is 5.16. The van der Waals surface area contributed by atoms with E-state index >= 15 is 0 Å². The third-order valence-electron chi connectivity index (χ3n) is 3.21. The van der Waals surface area contributed by atoms with Gasteiger partial charge in [0.15, 0.2) is 0 Å². The summed E-state index contributed by atoms with van der Waals surface area (Å²) in [6.45, 7) is 17.1. The van der Waals surface area contributed by atoms with E-state index in [9.17, 15) is 14.7 Å². The number of hydrogen-bond donors (Lipinski definition) is 3. The summed E-state index contributed by atoms with van der Waals surface area (Å²) in [7, 11) is 0. The molecule has 0 aliphatic rings. The SMILES string of the molecule is C=C/C=C(/C)C=C.CC.CC.O=CNc1ccc(O)c(NC(=O)c2ccccc2)c1. The number of nitrogens with one attached hydrogen (secondary N) is 2. The Morgan fingerprint density at radius 3 is 2.07 bits per heavy atom. The van der Waals surface area contributed by atoms with Gasteiger partial charge in [0.05, 0.1) is 5.69 Å². The Hall–Kier alpha value is -3.60. The second-order valence-electron chi connectivity index (χ2n) is 5.16. The second kappa shape index (κ2) is 18.7. The molecule has 2 amide bonds. The van der Waals surface area contributed by atoms with E-state index in [0.29, 0.717) is 17.7 Å². The largest absolute Gasteiger partial charge is 0.506 e. The molecule has 2 rings (SSSR count). The zero-order chi connectivity index (χ0) is 23.4. The number of phenolic OH excluding ortho intramolecular Hbond substituents is 1. The van der Waals surface area contributed by atoms with E-state index in [1.54, 1.807) is 36.4 Å². The van der Waals surface area contributed by atoms with E-state index in [2.05, 4.69) is 23.8 Å². The minimum absolute atomic E-state index is 0.0688. The van der Waals surface area contributed by atoms with Gasteiger partial charge in [0.1, 0.15) is 5.75 Å². The van der Waals surface area contributed by atoms with E-state index in [1.165, 1.54) is 18.2 Å². The van der Waals surface area contributed by atoms with Gasteiger partial charge in [0.2, 0.25) is 6.41 Å². The molecule has 5 heteroatoms. The molecule has 0 aliphatic carbocycles. The third-order valence-corrected chi connectivity index (χ3v) is 3.21. The van der Waals surface area contributed by atoms with Crippen molar-refractivity contribution in [2.24, 2.45) is 0 Å². The van der Waals surface area contributed by atoms with Gasteiger partial charge in [-0.05, 0) is 37.3 Å². The molecule has 0 atom stereocenters. The number of allylic oxidation sites excluding steroid dienone is 4. The van der Waals surface area contributed by atoms with E-state index in [1.807, 2.05) is 46.8 Å². The third kappa shape index (κ3) is 12.0. The lowest BCUT2D eigenvalue weighted by atomic mass is 10.2. The highest BCUT2D eigenvalue weighted by atomic mass is 16.3. The fourth-order valence-corrected chi connectivity index (χ4v) is 1.83. The van der Waals surface area contributed by atoms with Crippen molar-refractivity contribution in [3.05, 3.63) is 91.1 Å². The number of phenols is 1. The number of hydrogen-bond acceptors (Lipinski definition) is 3. The van der Waals surface area contributed by atoms with Crippen LogP contribution < -0.4 is 10.6 Å². The quantitative estimate of drug-likeness (QED) is 0.218. The highest BCUT2D eigenvalue weighted by molar-refractivity contribution is 6.05. The normalized spacial score (nSPS) is 9.03. The van der Waals surface area contributed by atoms with Gasteiger partial charge in [-0.3, -0.25) is 9.59 Å². The topological polar surface area (TPSA) is 78.4 Å². The highest BCUT2D eigenvalue weighted by Crippen LogP contribution is 2.26. The van der Waals surface area contributed by atoms with E-state index in [-0.39, 0.29) is 17.3 Å². The summed E-state index contributed by atoms with van der Waals surface area (Å²) >= 11 is 0. The first-order valence-electron chi connectivity index (χ1n) is 9.83. The summed E-state index contributed by atoms with van der Waals surface area (Å²) in [6, 6.07) is 13.0. The predicted octanol–water partition coefficient (Wildman–Crippen LogP) is 6.57. The van der Waals surface area contributed by atoms with Crippen molar-refractivity contribution < 1.29 is 14.7 Å². The van der Waals surface area contributed by atoms with Gasteiger partial charge in [-0.1, -0.05) is 82.9 Å². The van der Waals surface area contributed by atoms with Gasteiger partial charge in [-0.25, -0.2) is 0 Å². The Balaban J connectivity index is 0. The number of carbonyl (C=O) groups excluding carboxylic acids is 2. The van der Waals surface area contributed by atoms with Crippen LogP contribution in [0, 0.1) is 0 Å². The van der Waals surface area contributed by atoms with Crippen LogP contribution in [0.5, 0.6) is 5.75 Å². The van der Waals surface area contributed by atoms with Crippen LogP contribution >= 0.6 is 0 Å². The maximum absolute atomic E-state index is 11.9. The minimum Gasteiger partial charge on any atom is -0.506 e. The number of amides is 2. The molecule has 0 bridgehead atoms. The Morgan fingerprint density at radius 1 is 1.00 bits per heavy atom. The lowest BCUT2D eigenvalue weighted by molar-refractivity contribution is -0.105. The molecule has 0 saturated heterocycles. The van der Waals surface area contributed by atoms with Crippen molar-refractivity contribution in [3.8, 4) is 5.75 Å². The molecule has 162 valence electrons. The van der Waals surface area contributed by atoms with E-state index in [0.717, 1.165) is 5.57 Å². The first-order chi connectivity index (χ1) is 14.5. The standard InChI is InChI=1S/C14H12N2O3.C7H10.2C2H6/c17-9-15-11-6-7-13(18)12(8-11)16-14(19)10-4-2-1-3-5-10;1-4-6-7(3)5-2;2*1-2/h1-9,18H,(H,15,17)(H,16,19);4-6H,1-2H2,3H3;2*1-2H3/b;7-6-;;. The van der Waals surface area contributed by atoms with Crippen molar-refractivity contribution in [2.75, 3.05) is 10.6 Å². The van der Waals surface area contributed by atoms with Crippen LogP contribution in [0.2, 0.25) is 0 Å². The minimum atomic E-state index is -0.334. The summed E-state index contributed by atoms with van der Waals surface area (Å²) in [5.74, 6) is -0.403. The van der Waals surface area contributed by atoms with Crippen molar-refractivity contribution >= 4 is 23.7 Å². The number of aromatic hydroxyl groups is 1. The Kier molecular flexibility index (Phi) is 17.9. The molecule has 3 N–H and O–H groups in total. The molecule has 0 radical (unpaired) electrons. The number of anilines is 2. The zero-order valence-corrected chi connectivity index (χ0v) is 18.6. The summed E-state index contributed by atoms with van der Waals surface area (Å²) < 4.78 is 0. The number of benzene rings is 2. The highest BCUT2D eigenvalue weighted by Gasteiger charge is 2.09.